The second kappa shape index (κ2) is 10.5. The molecule has 0 bridgehead atoms. The molecule has 0 atom stereocenters. The minimum Gasteiger partial charge on any atom is -0.406 e. The average Bonchev–Trinajstić information content (AvgIpc) is 2.70. The van der Waals surface area contributed by atoms with Gasteiger partial charge < -0.3 is 19.5 Å². The van der Waals surface area contributed by atoms with Gasteiger partial charge in [0.25, 0.3) is 11.8 Å². The zero-order chi connectivity index (χ0) is 24.9. The van der Waals surface area contributed by atoms with Crippen molar-refractivity contribution < 1.29 is 27.5 Å². The second-order valence-electron chi connectivity index (χ2n) is 8.41. The van der Waals surface area contributed by atoms with Gasteiger partial charge in [0.15, 0.2) is 0 Å². The summed E-state index contributed by atoms with van der Waals surface area (Å²) in [6.45, 7) is 7.85. The number of alkyl halides is 3. The molecule has 0 spiro atoms. The Morgan fingerprint density at radius 2 is 1.76 bits per heavy atom. The van der Waals surface area contributed by atoms with Crippen molar-refractivity contribution in [3.8, 4) is 5.75 Å². The van der Waals surface area contributed by atoms with E-state index < -0.39 is 29.4 Å². The number of ether oxygens (including phenoxy) is 1. The molecule has 0 saturated carbocycles. The number of carbonyl (C=O) groups is 2. The van der Waals surface area contributed by atoms with E-state index in [4.69, 9.17) is 0 Å². The van der Waals surface area contributed by atoms with E-state index in [0.29, 0.717) is 12.1 Å². The van der Waals surface area contributed by atoms with Crippen LogP contribution in [0.25, 0.3) is 0 Å². The third-order valence-corrected chi connectivity index (χ3v) is 4.69. The van der Waals surface area contributed by atoms with E-state index in [1.165, 1.54) is 29.4 Å². The van der Waals surface area contributed by atoms with Crippen molar-refractivity contribution in [3.05, 3.63) is 63.6 Å². The lowest BCUT2D eigenvalue weighted by Crippen LogP contribution is -2.37. The number of benzene rings is 1. The van der Waals surface area contributed by atoms with Crippen molar-refractivity contribution in [1.82, 2.24) is 14.8 Å². The molecule has 0 fully saturated rings. The van der Waals surface area contributed by atoms with E-state index in [9.17, 15) is 27.6 Å². The molecule has 0 unspecified atom stereocenters. The minimum atomic E-state index is -4.83. The first-order chi connectivity index (χ1) is 15.3. The third-order valence-electron chi connectivity index (χ3n) is 4.69. The fraction of sp³-hybridized carbons (Fsp3) is 0.435. The van der Waals surface area contributed by atoms with E-state index in [-0.39, 0.29) is 29.6 Å². The van der Waals surface area contributed by atoms with Gasteiger partial charge in [0.1, 0.15) is 16.9 Å². The maximum absolute atomic E-state index is 13.0. The van der Waals surface area contributed by atoms with E-state index in [2.05, 4.69) is 10.1 Å². The van der Waals surface area contributed by atoms with Crippen molar-refractivity contribution in [2.24, 2.45) is 5.92 Å². The molecule has 180 valence electrons. The van der Waals surface area contributed by atoms with Gasteiger partial charge in [-0.05, 0) is 37.5 Å². The number of hydrogen-bond donors (Lipinski definition) is 1. The van der Waals surface area contributed by atoms with Crippen LogP contribution in [0.15, 0.2) is 41.5 Å². The SMILES string of the molecule is CC(C)CN(C)C(=O)c1cn(C(C)C)cc(C(=O)NCc2cccc(OC(F)(F)F)c2)c1=O. The largest absolute Gasteiger partial charge is 0.573 e. The van der Waals surface area contributed by atoms with Gasteiger partial charge in [-0.2, -0.15) is 0 Å². The number of nitrogens with one attached hydrogen (secondary N) is 1. The zero-order valence-electron chi connectivity index (χ0n) is 19.2. The molecular formula is C23H28F3N3O4. The number of halogens is 3. The van der Waals surface area contributed by atoms with Gasteiger partial charge in [0.2, 0.25) is 5.43 Å². The van der Waals surface area contributed by atoms with E-state index in [1.54, 1.807) is 11.6 Å². The predicted molar refractivity (Wildman–Crippen MR) is 117 cm³/mol. The molecule has 1 heterocycles. The minimum absolute atomic E-state index is 0.125. The maximum Gasteiger partial charge on any atom is 0.573 e. The molecule has 1 N–H and O–H groups in total. The summed E-state index contributed by atoms with van der Waals surface area (Å²) in [5.74, 6) is -1.46. The van der Waals surface area contributed by atoms with Gasteiger partial charge in [-0.15, -0.1) is 13.2 Å². The summed E-state index contributed by atoms with van der Waals surface area (Å²) in [4.78, 5) is 40.0. The Morgan fingerprint density at radius 1 is 1.12 bits per heavy atom. The van der Waals surface area contributed by atoms with Gasteiger partial charge in [-0.25, -0.2) is 0 Å². The number of hydrogen-bond acceptors (Lipinski definition) is 4. The zero-order valence-corrected chi connectivity index (χ0v) is 19.2. The van der Waals surface area contributed by atoms with Crippen LogP contribution in [-0.2, 0) is 6.54 Å². The lowest BCUT2D eigenvalue weighted by molar-refractivity contribution is -0.274. The van der Waals surface area contributed by atoms with Crippen LogP contribution < -0.4 is 15.5 Å². The molecule has 0 aliphatic carbocycles. The topological polar surface area (TPSA) is 80.6 Å². The average molecular weight is 467 g/mol. The lowest BCUT2D eigenvalue weighted by Gasteiger charge is -2.21. The third kappa shape index (κ3) is 7.37. The summed E-state index contributed by atoms with van der Waals surface area (Å²) >= 11 is 0. The van der Waals surface area contributed by atoms with E-state index in [1.807, 2.05) is 27.7 Å². The number of amides is 2. The van der Waals surface area contributed by atoms with E-state index >= 15 is 0 Å². The fourth-order valence-corrected chi connectivity index (χ4v) is 3.18. The lowest BCUT2D eigenvalue weighted by atomic mass is 10.1. The Labute approximate surface area is 190 Å². The van der Waals surface area contributed by atoms with Crippen LogP contribution in [0.2, 0.25) is 0 Å². The number of carbonyl (C=O) groups excluding carboxylic acids is 2. The first-order valence-electron chi connectivity index (χ1n) is 10.4. The monoisotopic (exact) mass is 467 g/mol. The summed E-state index contributed by atoms with van der Waals surface area (Å²) in [6.07, 6.45) is -2.04. The van der Waals surface area contributed by atoms with Gasteiger partial charge in [-0.3, -0.25) is 14.4 Å². The van der Waals surface area contributed by atoms with Crippen LogP contribution in [0.5, 0.6) is 5.75 Å². The van der Waals surface area contributed by atoms with Crippen LogP contribution in [0, 0.1) is 5.92 Å². The highest BCUT2D eigenvalue weighted by Gasteiger charge is 2.31. The molecule has 0 aliphatic heterocycles. The molecule has 7 nitrogen and oxygen atoms in total. The molecule has 33 heavy (non-hydrogen) atoms. The summed E-state index contributed by atoms with van der Waals surface area (Å²) in [7, 11) is 1.59. The summed E-state index contributed by atoms with van der Waals surface area (Å²) < 4.78 is 42.8. The van der Waals surface area contributed by atoms with Crippen LogP contribution in [-0.4, -0.2) is 41.2 Å². The van der Waals surface area contributed by atoms with Crippen molar-refractivity contribution in [1.29, 1.82) is 0 Å². The molecule has 2 aromatic rings. The first-order valence-corrected chi connectivity index (χ1v) is 10.4. The van der Waals surface area contributed by atoms with Crippen LogP contribution in [0.3, 0.4) is 0 Å². The van der Waals surface area contributed by atoms with Gasteiger partial charge >= 0.3 is 6.36 Å². The highest BCUT2D eigenvalue weighted by Crippen LogP contribution is 2.23. The van der Waals surface area contributed by atoms with Gasteiger partial charge in [0, 0.05) is 38.6 Å². The van der Waals surface area contributed by atoms with Crippen molar-refractivity contribution >= 4 is 11.8 Å². The second-order valence-corrected chi connectivity index (χ2v) is 8.41. The van der Waals surface area contributed by atoms with E-state index in [0.717, 1.165) is 12.1 Å². The number of nitrogens with zero attached hydrogens (tertiary/aromatic N) is 2. The number of aromatic nitrogens is 1. The fourth-order valence-electron chi connectivity index (χ4n) is 3.18. The van der Waals surface area contributed by atoms with Gasteiger partial charge in [-0.1, -0.05) is 26.0 Å². The molecule has 2 amide bonds. The highest BCUT2D eigenvalue weighted by atomic mass is 19.4. The quantitative estimate of drug-likeness (QED) is 0.637. The van der Waals surface area contributed by atoms with Crippen molar-refractivity contribution in [3.63, 3.8) is 0 Å². The predicted octanol–water partition coefficient (Wildman–Crippen LogP) is 3.99. The summed E-state index contributed by atoms with van der Waals surface area (Å²) in [5, 5.41) is 2.53. The summed E-state index contributed by atoms with van der Waals surface area (Å²) in [5.41, 5.74) is -0.715. The van der Waals surface area contributed by atoms with Crippen molar-refractivity contribution in [2.75, 3.05) is 13.6 Å². The van der Waals surface area contributed by atoms with Crippen LogP contribution in [0.1, 0.15) is 60.0 Å². The van der Waals surface area contributed by atoms with Gasteiger partial charge in [0.05, 0.1) is 0 Å². The molecule has 2 rings (SSSR count). The Kier molecular flexibility index (Phi) is 8.29. The Hall–Kier alpha value is -3.30. The van der Waals surface area contributed by atoms with Crippen LogP contribution in [0.4, 0.5) is 13.2 Å². The highest BCUT2D eigenvalue weighted by molar-refractivity contribution is 5.99. The first kappa shape index (κ1) is 26.0. The molecule has 0 aliphatic rings. The smallest absolute Gasteiger partial charge is 0.406 e. The Bertz CT molecular complexity index is 1060. The van der Waals surface area contributed by atoms with Crippen molar-refractivity contribution in [2.45, 2.75) is 46.6 Å². The standard InChI is InChI=1S/C23H28F3N3O4/c1-14(2)11-28(5)22(32)19-13-29(15(3)4)12-18(20(19)30)21(31)27-10-16-7-6-8-17(9-16)33-23(24,25)26/h6-9,12-15H,10-11H2,1-5H3,(H,27,31). The Morgan fingerprint density at radius 3 is 2.33 bits per heavy atom. The van der Waals surface area contributed by atoms with Crippen LogP contribution >= 0.6 is 0 Å². The Balaban J connectivity index is 2.29. The molecular weight excluding hydrogens is 439 g/mol. The molecule has 0 saturated heterocycles. The maximum atomic E-state index is 13.0. The summed E-state index contributed by atoms with van der Waals surface area (Å²) in [6, 6.07) is 5.02. The number of rotatable bonds is 8. The molecule has 1 aromatic carbocycles. The molecule has 1 aromatic heterocycles. The molecule has 10 heteroatoms. The normalized spacial score (nSPS) is 11.6. The number of pyridine rings is 1. The molecule has 0 radical (unpaired) electrons.